The van der Waals surface area contributed by atoms with Crippen LogP contribution in [0.1, 0.15) is 26.3 Å². The Morgan fingerprint density at radius 2 is 0.629 bits per heavy atom. The fraction of sp³-hybridized carbons (Fsp3) is 0.0455. The minimum atomic E-state index is -0.404. The van der Waals surface area contributed by atoms with Crippen molar-refractivity contribution < 1.29 is 18.9 Å². The van der Waals surface area contributed by atoms with Crippen LogP contribution in [0.3, 0.4) is 0 Å². The number of hydrogen-bond donors (Lipinski definition) is 0. The summed E-state index contributed by atoms with van der Waals surface area (Å²) in [5.74, 6) is 6.00. The number of anilines is 6. The summed E-state index contributed by atoms with van der Waals surface area (Å²) in [5, 5.41) is 0. The van der Waals surface area contributed by atoms with Crippen molar-refractivity contribution in [1.82, 2.24) is 0 Å². The second kappa shape index (κ2) is 21.3. The standard InChI is InChI=1S/C88H59B3N2O4/c1-88(2,3)62-50-72-81-73(51-62)93(70-39-23-20-36-64(70)58-33-17-8-18-34-58)74-52-78-84-86(82(74)90(81)65-44-41-61(56-29-13-6-14-30-56)49-71(65)92(72)69-38-22-19-35-63(69)57-31-15-7-16-32-57)96-75-40-24-21-37-66(75)91(84)85-80(95-78)53-79-83-87(85)97-77-46-43-60(55-27-11-5-12-28-55)48-68(77)89(83)67-47-59(42-45-76(67)94-79)54-25-9-4-10-26-54/h4-53H,1-3H3. The number of fused-ring (bicyclic) bond motifs is 14. The van der Waals surface area contributed by atoms with E-state index in [-0.39, 0.29) is 18.8 Å². The van der Waals surface area contributed by atoms with Crippen LogP contribution in [0.5, 0.6) is 46.0 Å². The monoisotopic (exact) mass is 1240 g/mol. The maximum absolute atomic E-state index is 7.87. The van der Waals surface area contributed by atoms with E-state index in [0.717, 1.165) is 162 Å². The van der Waals surface area contributed by atoms with Crippen LogP contribution in [0.2, 0.25) is 0 Å². The lowest BCUT2D eigenvalue weighted by Gasteiger charge is -2.47. The zero-order valence-corrected chi connectivity index (χ0v) is 53.6. The highest BCUT2D eigenvalue weighted by atomic mass is 16.5. The number of ether oxygens (including phenoxy) is 4. The average molecular weight is 1240 g/mol. The lowest BCUT2D eigenvalue weighted by Crippen LogP contribution is -2.66. The number of benzene rings is 14. The summed E-state index contributed by atoms with van der Waals surface area (Å²) in [4.78, 5) is 5.12. The van der Waals surface area contributed by atoms with Gasteiger partial charge in [0, 0.05) is 62.4 Å². The molecule has 0 spiro atoms. The molecule has 20 rings (SSSR count). The zero-order valence-electron chi connectivity index (χ0n) is 53.6. The molecule has 6 aliphatic heterocycles. The summed E-state index contributed by atoms with van der Waals surface area (Å²) in [6.07, 6.45) is 0. The van der Waals surface area contributed by atoms with Gasteiger partial charge in [0.25, 0.3) is 20.1 Å². The third kappa shape index (κ3) is 8.50. The minimum absolute atomic E-state index is 0.254. The van der Waals surface area contributed by atoms with Gasteiger partial charge in [0.2, 0.25) is 0 Å². The van der Waals surface area contributed by atoms with Crippen molar-refractivity contribution in [3.63, 3.8) is 0 Å². The third-order valence-corrected chi connectivity index (χ3v) is 20.8. The fourth-order valence-electron chi connectivity index (χ4n) is 16.4. The molecule has 0 unspecified atom stereocenters. The van der Waals surface area contributed by atoms with E-state index in [1.165, 1.54) is 11.0 Å². The molecule has 6 nitrogen and oxygen atoms in total. The first kappa shape index (κ1) is 55.5. The number of hydrogen-bond acceptors (Lipinski definition) is 6. The Balaban J connectivity index is 0.882. The van der Waals surface area contributed by atoms with Crippen LogP contribution in [-0.2, 0) is 5.41 Å². The number of nitrogens with zero attached hydrogens (tertiary/aromatic N) is 2. The summed E-state index contributed by atoms with van der Waals surface area (Å²) < 4.78 is 30.5. The molecule has 454 valence electrons. The van der Waals surface area contributed by atoms with Crippen molar-refractivity contribution >= 4 is 103 Å². The molecule has 14 aromatic carbocycles. The molecule has 0 N–H and O–H groups in total. The third-order valence-electron chi connectivity index (χ3n) is 20.8. The summed E-state index contributed by atoms with van der Waals surface area (Å²) in [6, 6.07) is 110. The van der Waals surface area contributed by atoms with Crippen molar-refractivity contribution in [1.29, 1.82) is 0 Å². The van der Waals surface area contributed by atoms with Gasteiger partial charge in [-0.1, -0.05) is 263 Å². The van der Waals surface area contributed by atoms with Crippen LogP contribution in [-0.4, -0.2) is 20.1 Å². The van der Waals surface area contributed by atoms with Crippen LogP contribution >= 0.6 is 0 Å². The van der Waals surface area contributed by atoms with Gasteiger partial charge < -0.3 is 28.7 Å². The van der Waals surface area contributed by atoms with Gasteiger partial charge in [0.1, 0.15) is 46.0 Å². The van der Waals surface area contributed by atoms with E-state index in [9.17, 15) is 0 Å². The summed E-state index contributed by atoms with van der Waals surface area (Å²) in [7, 11) is 0. The highest BCUT2D eigenvalue weighted by Crippen LogP contribution is 2.53. The van der Waals surface area contributed by atoms with Gasteiger partial charge in [-0.3, -0.25) is 0 Å². The summed E-state index contributed by atoms with van der Waals surface area (Å²) in [6.45, 7) is 6.01. The second-order valence-electron chi connectivity index (χ2n) is 27.3. The molecule has 0 atom stereocenters. The summed E-state index contributed by atoms with van der Waals surface area (Å²) in [5.41, 5.74) is 28.1. The molecule has 9 heteroatoms. The first-order chi connectivity index (χ1) is 47.8. The van der Waals surface area contributed by atoms with E-state index in [2.05, 4.69) is 334 Å². The van der Waals surface area contributed by atoms with E-state index in [1.54, 1.807) is 0 Å². The van der Waals surface area contributed by atoms with E-state index < -0.39 is 6.71 Å². The highest BCUT2D eigenvalue weighted by molar-refractivity contribution is 7.04. The maximum Gasteiger partial charge on any atom is 0.265 e. The first-order valence-corrected chi connectivity index (χ1v) is 33.6. The molecule has 14 aromatic rings. The fourth-order valence-corrected chi connectivity index (χ4v) is 16.4. The van der Waals surface area contributed by atoms with Crippen LogP contribution in [0.25, 0.3) is 55.6 Å². The zero-order chi connectivity index (χ0) is 64.2. The molecule has 0 aromatic heterocycles. The molecule has 6 aliphatic rings. The molecule has 0 radical (unpaired) electrons. The lowest BCUT2D eigenvalue weighted by molar-refractivity contribution is 0.443. The molecule has 6 heterocycles. The molecule has 0 aliphatic carbocycles. The van der Waals surface area contributed by atoms with Gasteiger partial charge in [-0.15, -0.1) is 0 Å². The molecule has 0 saturated carbocycles. The number of para-hydroxylation sites is 3. The maximum atomic E-state index is 7.87. The van der Waals surface area contributed by atoms with Gasteiger partial charge in [-0.2, -0.15) is 0 Å². The Morgan fingerprint density at radius 3 is 1.18 bits per heavy atom. The van der Waals surface area contributed by atoms with Crippen LogP contribution in [0, 0.1) is 0 Å². The van der Waals surface area contributed by atoms with E-state index in [1.807, 2.05) is 0 Å². The van der Waals surface area contributed by atoms with Gasteiger partial charge in [-0.25, -0.2) is 0 Å². The largest absolute Gasteiger partial charge is 0.459 e. The molecule has 0 fully saturated rings. The molecular weight excluding hydrogens is 1180 g/mol. The molecular formula is C88H59B3N2O4. The molecule has 0 saturated heterocycles. The highest BCUT2D eigenvalue weighted by Gasteiger charge is 2.53. The van der Waals surface area contributed by atoms with Crippen molar-refractivity contribution in [2.75, 3.05) is 9.80 Å². The lowest BCUT2D eigenvalue weighted by atomic mass is 9.29. The van der Waals surface area contributed by atoms with E-state index in [0.29, 0.717) is 17.2 Å². The first-order valence-electron chi connectivity index (χ1n) is 33.6. The Labute approximate surface area is 565 Å². The summed E-state index contributed by atoms with van der Waals surface area (Å²) >= 11 is 0. The topological polar surface area (TPSA) is 43.4 Å². The van der Waals surface area contributed by atoms with Gasteiger partial charge >= 0.3 is 0 Å². The van der Waals surface area contributed by atoms with Crippen LogP contribution in [0.4, 0.5) is 34.1 Å². The van der Waals surface area contributed by atoms with Crippen LogP contribution in [0.15, 0.2) is 303 Å². The number of rotatable bonds is 7. The van der Waals surface area contributed by atoms with Crippen molar-refractivity contribution in [2.45, 2.75) is 26.2 Å². The van der Waals surface area contributed by atoms with Crippen molar-refractivity contribution in [2.24, 2.45) is 0 Å². The molecule has 0 amide bonds. The van der Waals surface area contributed by atoms with E-state index in [4.69, 9.17) is 18.9 Å². The Hall–Kier alpha value is -11.9. The van der Waals surface area contributed by atoms with Crippen molar-refractivity contribution in [3.05, 3.63) is 309 Å². The molecule has 0 bridgehead atoms. The Kier molecular flexibility index (Phi) is 12.2. The average Bonchev–Trinajstić information content (AvgIpc) is 0.675. The minimum Gasteiger partial charge on any atom is -0.459 e. The van der Waals surface area contributed by atoms with E-state index >= 15 is 0 Å². The Morgan fingerprint density at radius 1 is 0.237 bits per heavy atom. The SMILES string of the molecule is CC(C)(C)c1cc2c3c(c1)N(c1ccccc1-c1ccccc1)c1cc4c5c(c1B3c1ccc(-c3ccccc3)cc1N2c1ccccc1-c1ccccc1)Oc1ccccc1B5c1c(cc2c3c1Oc1ccc(-c5ccccc5)cc1B3c1cc(-c3ccccc3)ccc1O2)O4. The predicted octanol–water partition coefficient (Wildman–Crippen LogP) is 16.9. The van der Waals surface area contributed by atoms with Gasteiger partial charge in [0.05, 0.1) is 11.4 Å². The van der Waals surface area contributed by atoms with Crippen LogP contribution < -0.4 is 77.9 Å². The predicted molar refractivity (Wildman–Crippen MR) is 402 cm³/mol. The van der Waals surface area contributed by atoms with Gasteiger partial charge in [0.15, 0.2) is 0 Å². The van der Waals surface area contributed by atoms with Gasteiger partial charge in [-0.05, 0) is 137 Å². The quantitative estimate of drug-likeness (QED) is 0.148. The molecule has 97 heavy (non-hydrogen) atoms. The normalized spacial score (nSPS) is 13.5. The van der Waals surface area contributed by atoms with Crippen molar-refractivity contribution in [3.8, 4) is 102 Å². The Bertz CT molecular complexity index is 5550. The second-order valence-corrected chi connectivity index (χ2v) is 27.3. The smallest absolute Gasteiger partial charge is 0.265 e.